The topological polar surface area (TPSA) is 62.3 Å². The number of carbonyl (C=O) groups is 2. The number of halogens is 4. The number of hydrogen-bond donors (Lipinski definition) is 1. The van der Waals surface area contributed by atoms with Gasteiger partial charge in [0.2, 0.25) is 5.54 Å². The van der Waals surface area contributed by atoms with E-state index in [9.17, 15) is 27.2 Å². The van der Waals surface area contributed by atoms with Crippen LogP contribution in [-0.2, 0) is 10.3 Å². The molecule has 124 valence electrons. The first-order valence-electron chi connectivity index (χ1n) is 6.68. The van der Waals surface area contributed by atoms with E-state index < -0.39 is 35.0 Å². The zero-order chi connectivity index (χ0) is 17.5. The van der Waals surface area contributed by atoms with Crippen molar-refractivity contribution < 1.29 is 27.2 Å². The van der Waals surface area contributed by atoms with E-state index in [-0.39, 0.29) is 5.82 Å². The van der Waals surface area contributed by atoms with Crippen LogP contribution < -0.4 is 10.2 Å². The number of benzene rings is 1. The molecule has 1 fully saturated rings. The quantitative estimate of drug-likeness (QED) is 0.676. The van der Waals surface area contributed by atoms with Crippen LogP contribution in [0, 0.1) is 5.82 Å². The molecule has 2 aromatic rings. The van der Waals surface area contributed by atoms with E-state index in [1.54, 1.807) is 5.32 Å². The molecule has 1 aliphatic rings. The number of nitrogens with zero attached hydrogens (tertiary/aromatic N) is 2. The third kappa shape index (κ3) is 2.20. The first-order chi connectivity index (χ1) is 11.3. The molecule has 1 N–H and O–H groups in total. The molecule has 0 radical (unpaired) electrons. The minimum absolute atomic E-state index is 0.242. The van der Waals surface area contributed by atoms with Gasteiger partial charge in [-0.2, -0.15) is 13.2 Å². The van der Waals surface area contributed by atoms with Crippen LogP contribution in [0.5, 0.6) is 0 Å². The Hall–Kier alpha value is -2.97. The molecule has 24 heavy (non-hydrogen) atoms. The molecule has 0 aliphatic carbocycles. The van der Waals surface area contributed by atoms with Gasteiger partial charge in [-0.1, -0.05) is 18.2 Å². The van der Waals surface area contributed by atoms with Crippen LogP contribution in [0.25, 0.3) is 0 Å². The number of nitrogens with one attached hydrogen (secondary N) is 1. The second-order valence-electron chi connectivity index (χ2n) is 5.01. The SMILES string of the molecule is O=C1N[C@](c2ccc(F)cc2)(C(F)(F)F)C(=O)N1c1ccccn1. The summed E-state index contributed by atoms with van der Waals surface area (Å²) in [6.45, 7) is 0. The number of alkyl halides is 3. The van der Waals surface area contributed by atoms with E-state index in [2.05, 4.69) is 4.98 Å². The fourth-order valence-corrected chi connectivity index (χ4v) is 2.48. The molecule has 1 atom stereocenters. The summed E-state index contributed by atoms with van der Waals surface area (Å²) in [7, 11) is 0. The second kappa shape index (κ2) is 5.29. The normalized spacial score (nSPS) is 21.1. The molecular weight excluding hydrogens is 330 g/mol. The van der Waals surface area contributed by atoms with Gasteiger partial charge in [0.25, 0.3) is 5.91 Å². The van der Waals surface area contributed by atoms with Crippen molar-refractivity contribution in [3.8, 4) is 0 Å². The number of imide groups is 1. The highest BCUT2D eigenvalue weighted by Gasteiger charge is 2.69. The third-order valence-corrected chi connectivity index (χ3v) is 3.60. The van der Waals surface area contributed by atoms with Gasteiger partial charge in [0, 0.05) is 6.20 Å². The number of urea groups is 1. The van der Waals surface area contributed by atoms with Crippen molar-refractivity contribution in [2.75, 3.05) is 4.90 Å². The fourth-order valence-electron chi connectivity index (χ4n) is 2.48. The van der Waals surface area contributed by atoms with Gasteiger partial charge in [0.05, 0.1) is 0 Å². The van der Waals surface area contributed by atoms with Crippen LogP contribution in [0.15, 0.2) is 48.7 Å². The fraction of sp³-hybridized carbons (Fsp3) is 0.133. The molecule has 0 spiro atoms. The van der Waals surface area contributed by atoms with Crippen LogP contribution in [0.2, 0.25) is 0 Å². The van der Waals surface area contributed by atoms with Crippen LogP contribution in [0.4, 0.5) is 28.2 Å². The summed E-state index contributed by atoms with van der Waals surface area (Å²) >= 11 is 0. The van der Waals surface area contributed by atoms with Crippen molar-refractivity contribution >= 4 is 17.8 Å². The Kier molecular flexibility index (Phi) is 3.51. The van der Waals surface area contributed by atoms with Gasteiger partial charge in [0.15, 0.2) is 0 Å². The minimum Gasteiger partial charge on any atom is -0.311 e. The zero-order valence-corrected chi connectivity index (χ0v) is 11.8. The average Bonchev–Trinajstić information content (AvgIpc) is 2.80. The summed E-state index contributed by atoms with van der Waals surface area (Å²) in [4.78, 5) is 28.7. The van der Waals surface area contributed by atoms with Crippen LogP contribution in [-0.4, -0.2) is 23.1 Å². The second-order valence-corrected chi connectivity index (χ2v) is 5.01. The molecule has 9 heteroatoms. The Balaban J connectivity index is 2.16. The van der Waals surface area contributed by atoms with Crippen molar-refractivity contribution in [2.45, 2.75) is 11.7 Å². The maximum absolute atomic E-state index is 13.7. The van der Waals surface area contributed by atoms with Crippen LogP contribution in [0.3, 0.4) is 0 Å². The Morgan fingerprint density at radius 1 is 1.04 bits per heavy atom. The number of pyridine rings is 1. The molecule has 1 aromatic heterocycles. The zero-order valence-electron chi connectivity index (χ0n) is 11.8. The molecular formula is C15H9F4N3O2. The molecule has 1 aromatic carbocycles. The Bertz CT molecular complexity index is 793. The molecule has 1 aliphatic heterocycles. The lowest BCUT2D eigenvalue weighted by Crippen LogP contribution is -2.55. The Labute approximate surface area is 132 Å². The van der Waals surface area contributed by atoms with E-state index in [0.717, 1.165) is 24.3 Å². The smallest absolute Gasteiger partial charge is 0.311 e. The first kappa shape index (κ1) is 15.9. The molecule has 0 unspecified atom stereocenters. The lowest BCUT2D eigenvalue weighted by Gasteiger charge is -2.29. The first-order valence-corrected chi connectivity index (χ1v) is 6.68. The standard InChI is InChI=1S/C15H9F4N3O2/c16-10-6-4-9(5-7-10)14(15(17,18)19)12(23)22(13(24)21-14)11-3-1-2-8-20-11/h1-8H,(H,21,24)/t14-/m0/s1. The number of anilines is 1. The van der Waals surface area contributed by atoms with Gasteiger partial charge in [0.1, 0.15) is 11.6 Å². The predicted molar refractivity (Wildman–Crippen MR) is 74.4 cm³/mol. The highest BCUT2D eigenvalue weighted by molar-refractivity contribution is 6.23. The van der Waals surface area contributed by atoms with Gasteiger partial charge < -0.3 is 5.32 Å². The van der Waals surface area contributed by atoms with Crippen molar-refractivity contribution in [1.29, 1.82) is 0 Å². The van der Waals surface area contributed by atoms with Crippen molar-refractivity contribution in [3.05, 3.63) is 60.0 Å². The maximum atomic E-state index is 13.7. The summed E-state index contributed by atoms with van der Waals surface area (Å²) < 4.78 is 54.3. The van der Waals surface area contributed by atoms with Gasteiger partial charge in [-0.3, -0.25) is 4.79 Å². The van der Waals surface area contributed by atoms with E-state index in [1.165, 1.54) is 24.4 Å². The summed E-state index contributed by atoms with van der Waals surface area (Å²) in [6.07, 6.45) is -3.90. The van der Waals surface area contributed by atoms with Crippen LogP contribution in [0.1, 0.15) is 5.56 Å². The van der Waals surface area contributed by atoms with Gasteiger partial charge in [-0.25, -0.2) is 19.1 Å². The van der Waals surface area contributed by atoms with Crippen molar-refractivity contribution in [2.24, 2.45) is 0 Å². The van der Waals surface area contributed by atoms with E-state index in [4.69, 9.17) is 0 Å². The predicted octanol–water partition coefficient (Wildman–Crippen LogP) is 2.73. The summed E-state index contributed by atoms with van der Waals surface area (Å²) in [6, 6.07) is 6.06. The van der Waals surface area contributed by atoms with Gasteiger partial charge >= 0.3 is 12.2 Å². The van der Waals surface area contributed by atoms with E-state index in [0.29, 0.717) is 4.90 Å². The maximum Gasteiger partial charge on any atom is 0.425 e. The molecule has 1 saturated heterocycles. The molecule has 5 nitrogen and oxygen atoms in total. The monoisotopic (exact) mass is 339 g/mol. The molecule has 0 saturated carbocycles. The summed E-state index contributed by atoms with van der Waals surface area (Å²) in [5, 5.41) is 1.69. The van der Waals surface area contributed by atoms with E-state index in [1.807, 2.05) is 0 Å². The van der Waals surface area contributed by atoms with Crippen molar-refractivity contribution in [3.63, 3.8) is 0 Å². The summed E-state index contributed by atoms with van der Waals surface area (Å²) in [5.74, 6) is -2.56. The van der Waals surface area contributed by atoms with Crippen molar-refractivity contribution in [1.82, 2.24) is 10.3 Å². The number of rotatable bonds is 2. The van der Waals surface area contributed by atoms with Gasteiger partial charge in [-0.15, -0.1) is 0 Å². The molecule has 3 rings (SSSR count). The lowest BCUT2D eigenvalue weighted by atomic mass is 9.89. The number of hydrogen-bond acceptors (Lipinski definition) is 3. The number of aromatic nitrogens is 1. The minimum atomic E-state index is -5.14. The average molecular weight is 339 g/mol. The Morgan fingerprint density at radius 2 is 1.71 bits per heavy atom. The highest BCUT2D eigenvalue weighted by Crippen LogP contribution is 2.44. The third-order valence-electron chi connectivity index (χ3n) is 3.60. The Morgan fingerprint density at radius 3 is 2.25 bits per heavy atom. The van der Waals surface area contributed by atoms with Gasteiger partial charge in [-0.05, 0) is 29.8 Å². The largest absolute Gasteiger partial charge is 0.425 e. The molecule has 3 amide bonds. The highest BCUT2D eigenvalue weighted by atomic mass is 19.4. The molecule has 2 heterocycles. The summed E-state index contributed by atoms with van der Waals surface area (Å²) in [5.41, 5.74) is -3.89. The number of amides is 3. The van der Waals surface area contributed by atoms with E-state index >= 15 is 0 Å². The number of carbonyl (C=O) groups excluding carboxylic acids is 2. The molecule has 0 bridgehead atoms. The van der Waals surface area contributed by atoms with Crippen LogP contribution >= 0.6 is 0 Å². The lowest BCUT2D eigenvalue weighted by molar-refractivity contribution is -0.195.